The van der Waals surface area contributed by atoms with Gasteiger partial charge in [-0.25, -0.2) is 4.98 Å². The Labute approximate surface area is 156 Å². The molecule has 26 heavy (non-hydrogen) atoms. The fourth-order valence-corrected chi connectivity index (χ4v) is 3.42. The van der Waals surface area contributed by atoms with Gasteiger partial charge in [-0.2, -0.15) is 10.1 Å². The normalized spacial score (nSPS) is 11.7. The SMILES string of the molecule is Cc1ccc2c(CCNc3nc(Cl)nc4c(C(C)C)n[nH]c34)c[nH]c2c1. The first kappa shape index (κ1) is 16.8. The lowest BCUT2D eigenvalue weighted by atomic mass is 10.1. The van der Waals surface area contributed by atoms with E-state index in [1.807, 2.05) is 0 Å². The quantitative estimate of drug-likeness (QED) is 0.450. The van der Waals surface area contributed by atoms with Crippen molar-refractivity contribution in [2.75, 3.05) is 11.9 Å². The molecule has 0 spiro atoms. The molecule has 0 amide bonds. The molecule has 0 aliphatic rings. The lowest BCUT2D eigenvalue weighted by Crippen LogP contribution is -2.07. The molecule has 6 nitrogen and oxygen atoms in total. The van der Waals surface area contributed by atoms with Crippen molar-refractivity contribution in [3.63, 3.8) is 0 Å². The summed E-state index contributed by atoms with van der Waals surface area (Å²) in [6, 6.07) is 6.47. The van der Waals surface area contributed by atoms with Gasteiger partial charge in [-0.1, -0.05) is 26.0 Å². The van der Waals surface area contributed by atoms with Crippen molar-refractivity contribution in [3.05, 3.63) is 46.5 Å². The van der Waals surface area contributed by atoms with Crippen LogP contribution >= 0.6 is 11.6 Å². The van der Waals surface area contributed by atoms with E-state index in [2.05, 4.69) is 75.6 Å². The molecule has 0 bridgehead atoms. The smallest absolute Gasteiger partial charge is 0.225 e. The van der Waals surface area contributed by atoms with Crippen LogP contribution in [0.25, 0.3) is 21.9 Å². The number of hydrogen-bond donors (Lipinski definition) is 3. The number of aromatic nitrogens is 5. The Balaban J connectivity index is 1.56. The summed E-state index contributed by atoms with van der Waals surface area (Å²) >= 11 is 6.12. The van der Waals surface area contributed by atoms with E-state index >= 15 is 0 Å². The molecule has 3 aromatic heterocycles. The lowest BCUT2D eigenvalue weighted by molar-refractivity contribution is 0.815. The molecule has 0 unspecified atom stereocenters. The van der Waals surface area contributed by atoms with Crippen LogP contribution in [-0.2, 0) is 6.42 Å². The highest BCUT2D eigenvalue weighted by molar-refractivity contribution is 6.28. The van der Waals surface area contributed by atoms with Gasteiger partial charge in [-0.15, -0.1) is 0 Å². The molecule has 7 heteroatoms. The molecule has 0 atom stereocenters. The Bertz CT molecular complexity index is 1080. The number of rotatable bonds is 5. The topological polar surface area (TPSA) is 82.3 Å². The zero-order chi connectivity index (χ0) is 18.3. The number of nitrogens with one attached hydrogen (secondary N) is 3. The number of H-pyrrole nitrogens is 2. The molecule has 0 fully saturated rings. The van der Waals surface area contributed by atoms with Crippen LogP contribution in [0.2, 0.25) is 5.28 Å². The van der Waals surface area contributed by atoms with Crippen LogP contribution < -0.4 is 5.32 Å². The van der Waals surface area contributed by atoms with Gasteiger partial charge in [0.25, 0.3) is 0 Å². The van der Waals surface area contributed by atoms with Crippen molar-refractivity contribution >= 4 is 39.4 Å². The van der Waals surface area contributed by atoms with Gasteiger partial charge in [0.1, 0.15) is 11.0 Å². The van der Waals surface area contributed by atoms with E-state index in [1.54, 1.807) is 0 Å². The van der Waals surface area contributed by atoms with E-state index < -0.39 is 0 Å². The third kappa shape index (κ3) is 3.01. The van der Waals surface area contributed by atoms with E-state index in [4.69, 9.17) is 11.6 Å². The largest absolute Gasteiger partial charge is 0.368 e. The Morgan fingerprint density at radius 3 is 2.88 bits per heavy atom. The van der Waals surface area contributed by atoms with Crippen molar-refractivity contribution in [3.8, 4) is 0 Å². The highest BCUT2D eigenvalue weighted by atomic mass is 35.5. The summed E-state index contributed by atoms with van der Waals surface area (Å²) in [5.41, 5.74) is 6.18. The molecule has 134 valence electrons. The number of aromatic amines is 2. The summed E-state index contributed by atoms with van der Waals surface area (Å²) in [6.45, 7) is 7.00. The lowest BCUT2D eigenvalue weighted by Gasteiger charge is -2.07. The number of benzene rings is 1. The zero-order valence-corrected chi connectivity index (χ0v) is 15.8. The molecule has 1 aromatic carbocycles. The van der Waals surface area contributed by atoms with Gasteiger partial charge in [-0.3, -0.25) is 5.10 Å². The number of fused-ring (bicyclic) bond motifs is 2. The average Bonchev–Trinajstić information content (AvgIpc) is 3.18. The maximum absolute atomic E-state index is 6.12. The standard InChI is InChI=1S/C19H21ClN6/c1-10(2)15-16-17(26-25-15)18(24-19(20)23-16)21-7-6-12-9-22-14-8-11(3)4-5-13(12)14/h4-5,8-10,22H,6-7H2,1-3H3,(H,25,26)(H,21,23,24). The summed E-state index contributed by atoms with van der Waals surface area (Å²) in [4.78, 5) is 12.0. The minimum Gasteiger partial charge on any atom is -0.368 e. The molecule has 0 aliphatic carbocycles. The van der Waals surface area contributed by atoms with Crippen molar-refractivity contribution in [1.29, 1.82) is 0 Å². The fourth-order valence-electron chi connectivity index (χ4n) is 3.25. The van der Waals surface area contributed by atoms with Crippen LogP contribution in [0.15, 0.2) is 24.4 Å². The molecular formula is C19H21ClN6. The summed E-state index contributed by atoms with van der Waals surface area (Å²) in [5.74, 6) is 0.951. The number of hydrogen-bond acceptors (Lipinski definition) is 4. The zero-order valence-electron chi connectivity index (χ0n) is 15.0. The Morgan fingerprint density at radius 2 is 2.08 bits per heavy atom. The van der Waals surface area contributed by atoms with Crippen LogP contribution in [0.4, 0.5) is 5.82 Å². The Hall–Kier alpha value is -2.60. The minimum atomic E-state index is 0.228. The molecule has 0 aliphatic heterocycles. The molecule has 3 N–H and O–H groups in total. The van der Waals surface area contributed by atoms with Crippen LogP contribution in [0.3, 0.4) is 0 Å². The summed E-state index contributed by atoms with van der Waals surface area (Å²) in [7, 11) is 0. The van der Waals surface area contributed by atoms with Gasteiger partial charge >= 0.3 is 0 Å². The minimum absolute atomic E-state index is 0.228. The Kier molecular flexibility index (Phi) is 4.28. The monoisotopic (exact) mass is 368 g/mol. The fraction of sp³-hybridized carbons (Fsp3) is 0.316. The number of halogens is 1. The summed E-state index contributed by atoms with van der Waals surface area (Å²) in [5, 5.41) is 12.3. The molecule has 4 rings (SSSR count). The first-order chi connectivity index (χ1) is 12.5. The summed E-state index contributed by atoms with van der Waals surface area (Å²) < 4.78 is 0. The predicted octanol–water partition coefficient (Wildman–Crippen LogP) is 4.57. The molecule has 4 aromatic rings. The second kappa shape index (κ2) is 6.61. The number of nitrogens with zero attached hydrogens (tertiary/aromatic N) is 3. The maximum atomic E-state index is 6.12. The molecule has 0 saturated heterocycles. The third-order valence-electron chi connectivity index (χ3n) is 4.57. The van der Waals surface area contributed by atoms with Gasteiger partial charge in [0.2, 0.25) is 5.28 Å². The van der Waals surface area contributed by atoms with Crippen molar-refractivity contribution in [2.24, 2.45) is 0 Å². The average molecular weight is 369 g/mol. The van der Waals surface area contributed by atoms with E-state index in [9.17, 15) is 0 Å². The predicted molar refractivity (Wildman–Crippen MR) is 106 cm³/mol. The molecular weight excluding hydrogens is 348 g/mol. The van der Waals surface area contributed by atoms with Gasteiger partial charge in [0, 0.05) is 23.6 Å². The van der Waals surface area contributed by atoms with Crippen LogP contribution in [0.5, 0.6) is 0 Å². The highest BCUT2D eigenvalue weighted by Gasteiger charge is 2.16. The van der Waals surface area contributed by atoms with Crippen molar-refractivity contribution in [1.82, 2.24) is 25.1 Å². The molecule has 3 heterocycles. The van der Waals surface area contributed by atoms with Crippen LogP contribution in [0, 0.1) is 6.92 Å². The molecule has 0 saturated carbocycles. The van der Waals surface area contributed by atoms with E-state index in [-0.39, 0.29) is 11.2 Å². The van der Waals surface area contributed by atoms with Crippen molar-refractivity contribution in [2.45, 2.75) is 33.1 Å². The second-order valence-corrected chi connectivity index (χ2v) is 7.21. The van der Waals surface area contributed by atoms with Crippen LogP contribution in [-0.4, -0.2) is 31.7 Å². The third-order valence-corrected chi connectivity index (χ3v) is 4.74. The van der Waals surface area contributed by atoms with E-state index in [1.165, 1.54) is 22.0 Å². The number of aryl methyl sites for hydroxylation is 1. The van der Waals surface area contributed by atoms with E-state index in [0.29, 0.717) is 5.82 Å². The maximum Gasteiger partial charge on any atom is 0.225 e. The molecule has 0 radical (unpaired) electrons. The van der Waals surface area contributed by atoms with Gasteiger partial charge in [0.05, 0.1) is 5.69 Å². The van der Waals surface area contributed by atoms with E-state index in [0.717, 1.165) is 29.7 Å². The Morgan fingerprint density at radius 1 is 1.23 bits per heavy atom. The van der Waals surface area contributed by atoms with Gasteiger partial charge in [0.15, 0.2) is 5.82 Å². The second-order valence-electron chi connectivity index (χ2n) is 6.87. The van der Waals surface area contributed by atoms with Crippen LogP contribution in [0.1, 0.15) is 36.6 Å². The summed E-state index contributed by atoms with van der Waals surface area (Å²) in [6.07, 6.45) is 2.94. The number of anilines is 1. The van der Waals surface area contributed by atoms with Crippen molar-refractivity contribution < 1.29 is 0 Å². The first-order valence-corrected chi connectivity index (χ1v) is 9.12. The van der Waals surface area contributed by atoms with Gasteiger partial charge in [-0.05, 0) is 48.1 Å². The first-order valence-electron chi connectivity index (χ1n) is 8.75. The highest BCUT2D eigenvalue weighted by Crippen LogP contribution is 2.27. The van der Waals surface area contributed by atoms with Gasteiger partial charge < -0.3 is 10.3 Å².